The molecule has 3 nitrogen and oxygen atoms in total. The third kappa shape index (κ3) is 4.77. The number of alkyl halides is 12. The first kappa shape index (κ1) is 26.4. The van der Waals surface area contributed by atoms with E-state index in [0.717, 1.165) is 12.1 Å². The van der Waals surface area contributed by atoms with Crippen LogP contribution in [0.2, 0.25) is 0 Å². The van der Waals surface area contributed by atoms with Crippen LogP contribution in [0.25, 0.3) is 11.1 Å². The minimum Gasteiger partial charge on any atom is -0.398 e. The van der Waals surface area contributed by atoms with Crippen molar-refractivity contribution in [3.8, 4) is 11.1 Å². The number of benzene rings is 2. The fourth-order valence-electron chi connectivity index (χ4n) is 3.06. The van der Waals surface area contributed by atoms with Gasteiger partial charge in [0.05, 0.1) is 0 Å². The van der Waals surface area contributed by atoms with Crippen LogP contribution in [0.4, 0.5) is 64.1 Å². The zero-order valence-electron chi connectivity index (χ0n) is 15.7. The molecular formula is C18H12F12N2O. The van der Waals surface area contributed by atoms with Crippen molar-refractivity contribution in [3.05, 3.63) is 47.5 Å². The average molecular weight is 500 g/mol. The Hall–Kier alpha value is -2.84. The van der Waals surface area contributed by atoms with Crippen LogP contribution < -0.4 is 11.5 Å². The molecule has 0 saturated heterocycles. The van der Waals surface area contributed by atoms with Crippen molar-refractivity contribution in [1.29, 1.82) is 0 Å². The highest BCUT2D eigenvalue weighted by Gasteiger charge is 2.72. The van der Waals surface area contributed by atoms with Gasteiger partial charge in [0, 0.05) is 16.9 Å². The maximum atomic E-state index is 13.2. The lowest BCUT2D eigenvalue weighted by atomic mass is 9.87. The Balaban J connectivity index is 2.78. The van der Waals surface area contributed by atoms with E-state index in [2.05, 4.69) is 0 Å². The highest BCUT2D eigenvalue weighted by Crippen LogP contribution is 2.53. The number of aliphatic hydroxyl groups is 1. The monoisotopic (exact) mass is 500 g/mol. The van der Waals surface area contributed by atoms with Crippen LogP contribution >= 0.6 is 0 Å². The lowest BCUT2D eigenvalue weighted by Crippen LogP contribution is -2.54. The maximum absolute atomic E-state index is 13.2. The maximum Gasteiger partial charge on any atom is 0.430 e. The Labute approximate surface area is 176 Å². The lowest BCUT2D eigenvalue weighted by molar-refractivity contribution is -0.376. The Kier molecular flexibility index (Phi) is 6.31. The molecule has 0 aliphatic rings. The molecule has 0 aliphatic heterocycles. The van der Waals surface area contributed by atoms with Gasteiger partial charge in [0.15, 0.2) is 5.92 Å². The van der Waals surface area contributed by atoms with Crippen LogP contribution in [-0.4, -0.2) is 29.8 Å². The van der Waals surface area contributed by atoms with Crippen LogP contribution in [-0.2, 0) is 5.60 Å². The van der Waals surface area contributed by atoms with Crippen molar-refractivity contribution in [3.63, 3.8) is 0 Å². The first-order chi connectivity index (χ1) is 14.6. The van der Waals surface area contributed by atoms with Crippen LogP contribution in [0, 0.1) is 0 Å². The van der Waals surface area contributed by atoms with Crippen molar-refractivity contribution in [1.82, 2.24) is 0 Å². The molecule has 15 heteroatoms. The van der Waals surface area contributed by atoms with Crippen molar-refractivity contribution in [2.24, 2.45) is 0 Å². The second-order valence-electron chi connectivity index (χ2n) is 6.87. The SMILES string of the molecule is Nc1ccc(-c2ccc(N)c(C(O)(C(F)(F)F)C(F)(F)F)c2)cc1C(C(F)(F)F)C(F)(F)F. The van der Waals surface area contributed by atoms with E-state index in [1.54, 1.807) is 0 Å². The van der Waals surface area contributed by atoms with Crippen molar-refractivity contribution >= 4 is 11.4 Å². The van der Waals surface area contributed by atoms with Gasteiger partial charge in [-0.25, -0.2) is 0 Å². The van der Waals surface area contributed by atoms with E-state index in [9.17, 15) is 57.8 Å². The predicted octanol–water partition coefficient (Wildman–Crippen LogP) is 6.04. The number of hydrogen-bond donors (Lipinski definition) is 3. The number of halogens is 12. The predicted molar refractivity (Wildman–Crippen MR) is 91.6 cm³/mol. The van der Waals surface area contributed by atoms with E-state index >= 15 is 0 Å². The second kappa shape index (κ2) is 7.88. The van der Waals surface area contributed by atoms with Crippen LogP contribution in [0.15, 0.2) is 36.4 Å². The molecule has 0 saturated carbocycles. The molecule has 2 rings (SSSR count). The molecule has 0 unspecified atom stereocenters. The highest BCUT2D eigenvalue weighted by atomic mass is 19.4. The lowest BCUT2D eigenvalue weighted by Gasteiger charge is -2.33. The summed E-state index contributed by atoms with van der Waals surface area (Å²) in [5.41, 5.74) is -1.99. The third-order valence-corrected chi connectivity index (χ3v) is 4.65. The molecular weight excluding hydrogens is 488 g/mol. The number of anilines is 2. The molecule has 0 bridgehead atoms. The van der Waals surface area contributed by atoms with E-state index < -0.39 is 69.9 Å². The molecule has 0 aliphatic carbocycles. The Morgan fingerprint density at radius 3 is 1.39 bits per heavy atom. The molecule has 0 spiro atoms. The number of nitrogen functional groups attached to an aromatic ring is 2. The summed E-state index contributed by atoms with van der Waals surface area (Å²) < 4.78 is 158. The number of rotatable bonds is 3. The average Bonchev–Trinajstić information content (AvgIpc) is 2.59. The Morgan fingerprint density at radius 2 is 1.00 bits per heavy atom. The number of nitrogens with two attached hydrogens (primary N) is 2. The minimum atomic E-state index is -6.33. The van der Waals surface area contributed by atoms with Crippen LogP contribution in [0.1, 0.15) is 17.0 Å². The van der Waals surface area contributed by atoms with Gasteiger partial charge >= 0.3 is 24.7 Å². The molecule has 0 radical (unpaired) electrons. The Morgan fingerprint density at radius 1 is 0.606 bits per heavy atom. The standard InChI is InChI=1S/C18H12F12N2O/c19-15(20,21)13(16(22,23)24)9-5-7(1-3-11(9)31)8-2-4-12(32)10(6-8)14(33,17(25,26)27)18(28,29)30/h1-6,13,33H,31-32H2. The summed E-state index contributed by atoms with van der Waals surface area (Å²) in [7, 11) is 0. The summed E-state index contributed by atoms with van der Waals surface area (Å²) in [6.45, 7) is 0. The zero-order valence-corrected chi connectivity index (χ0v) is 15.7. The third-order valence-electron chi connectivity index (χ3n) is 4.65. The van der Waals surface area contributed by atoms with Gasteiger partial charge in [-0.2, -0.15) is 52.7 Å². The summed E-state index contributed by atoms with van der Waals surface area (Å²) >= 11 is 0. The van der Waals surface area contributed by atoms with Crippen molar-refractivity contribution < 1.29 is 57.8 Å². The van der Waals surface area contributed by atoms with Gasteiger partial charge in [-0.3, -0.25) is 0 Å². The van der Waals surface area contributed by atoms with Gasteiger partial charge in [-0.15, -0.1) is 0 Å². The van der Waals surface area contributed by atoms with E-state index in [1.807, 2.05) is 0 Å². The number of hydrogen-bond acceptors (Lipinski definition) is 3. The van der Waals surface area contributed by atoms with Gasteiger partial charge in [0.1, 0.15) is 0 Å². The fraction of sp³-hybridized carbons (Fsp3) is 0.333. The largest absolute Gasteiger partial charge is 0.430 e. The van der Waals surface area contributed by atoms with Crippen molar-refractivity contribution in [2.75, 3.05) is 11.5 Å². The summed E-state index contributed by atoms with van der Waals surface area (Å²) in [4.78, 5) is 0. The molecule has 184 valence electrons. The van der Waals surface area contributed by atoms with Crippen LogP contribution in [0.3, 0.4) is 0 Å². The quantitative estimate of drug-likeness (QED) is 0.356. The van der Waals surface area contributed by atoms with Gasteiger partial charge in [-0.05, 0) is 41.0 Å². The van der Waals surface area contributed by atoms with E-state index in [4.69, 9.17) is 11.5 Å². The first-order valence-corrected chi connectivity index (χ1v) is 8.41. The zero-order chi connectivity index (χ0) is 25.8. The first-order valence-electron chi connectivity index (χ1n) is 8.41. The molecule has 2 aromatic rings. The Bertz CT molecular complexity index is 993. The summed E-state index contributed by atoms with van der Waals surface area (Å²) in [5, 5.41) is 9.56. The van der Waals surface area contributed by atoms with Gasteiger partial charge in [0.2, 0.25) is 0 Å². The van der Waals surface area contributed by atoms with Gasteiger partial charge < -0.3 is 16.6 Å². The molecule has 0 aromatic heterocycles. The normalized spacial score (nSPS) is 14.1. The minimum absolute atomic E-state index is 0.0712. The van der Waals surface area contributed by atoms with Gasteiger partial charge in [-0.1, -0.05) is 12.1 Å². The van der Waals surface area contributed by atoms with Crippen LogP contribution in [0.5, 0.6) is 0 Å². The molecule has 5 N–H and O–H groups in total. The topological polar surface area (TPSA) is 72.3 Å². The smallest absolute Gasteiger partial charge is 0.398 e. The molecule has 0 heterocycles. The van der Waals surface area contributed by atoms with E-state index in [-0.39, 0.29) is 12.1 Å². The van der Waals surface area contributed by atoms with E-state index in [1.165, 1.54) is 0 Å². The molecule has 2 aromatic carbocycles. The molecule has 0 amide bonds. The molecule has 0 atom stereocenters. The summed E-state index contributed by atoms with van der Waals surface area (Å²) in [5.74, 6) is -4.08. The molecule has 0 fully saturated rings. The van der Waals surface area contributed by atoms with Gasteiger partial charge in [0.25, 0.3) is 5.60 Å². The summed E-state index contributed by atoms with van der Waals surface area (Å²) in [6.07, 6.45) is -24.4. The van der Waals surface area contributed by atoms with Crippen molar-refractivity contribution in [2.45, 2.75) is 36.2 Å². The summed E-state index contributed by atoms with van der Waals surface area (Å²) in [6, 6.07) is 2.88. The fourth-order valence-corrected chi connectivity index (χ4v) is 3.06. The van der Waals surface area contributed by atoms with E-state index in [0.29, 0.717) is 12.1 Å². The molecule has 33 heavy (non-hydrogen) atoms. The second-order valence-corrected chi connectivity index (χ2v) is 6.87. The highest BCUT2D eigenvalue weighted by molar-refractivity contribution is 5.72.